The van der Waals surface area contributed by atoms with E-state index in [1.165, 1.54) is 11.3 Å². The molecule has 0 aliphatic rings. The number of aromatic carboxylic acids is 1. The van der Waals surface area contributed by atoms with Crippen LogP contribution in [0.3, 0.4) is 0 Å². The standard InChI is InChI=1S/C8H6O2S2/c1-4-6(8(9)10)7-5(12-4)2-3-11-7/h2-3H,1H3,(H,9,10). The van der Waals surface area contributed by atoms with E-state index in [9.17, 15) is 4.79 Å². The zero-order chi connectivity index (χ0) is 8.72. The van der Waals surface area contributed by atoms with Gasteiger partial charge in [0.25, 0.3) is 0 Å². The summed E-state index contributed by atoms with van der Waals surface area (Å²) in [4.78, 5) is 11.7. The van der Waals surface area contributed by atoms with Gasteiger partial charge in [0, 0.05) is 9.58 Å². The summed E-state index contributed by atoms with van der Waals surface area (Å²) in [7, 11) is 0. The average Bonchev–Trinajstić information content (AvgIpc) is 2.44. The van der Waals surface area contributed by atoms with Gasteiger partial charge in [0.1, 0.15) is 0 Å². The van der Waals surface area contributed by atoms with Gasteiger partial charge in [0.05, 0.1) is 10.3 Å². The average molecular weight is 198 g/mol. The third-order valence-corrected chi connectivity index (χ3v) is 3.82. The number of rotatable bonds is 1. The summed E-state index contributed by atoms with van der Waals surface area (Å²) < 4.78 is 1.99. The Morgan fingerprint density at radius 3 is 3.00 bits per heavy atom. The molecule has 0 radical (unpaired) electrons. The van der Waals surface area contributed by atoms with Crippen LogP contribution in [-0.2, 0) is 0 Å². The summed E-state index contributed by atoms with van der Waals surface area (Å²) in [5.41, 5.74) is 0.477. The van der Waals surface area contributed by atoms with Crippen LogP contribution in [-0.4, -0.2) is 11.1 Å². The van der Waals surface area contributed by atoms with Crippen LogP contribution in [0.1, 0.15) is 15.2 Å². The minimum atomic E-state index is -0.818. The molecule has 0 saturated carbocycles. The van der Waals surface area contributed by atoms with E-state index < -0.39 is 5.97 Å². The first-order valence-electron chi connectivity index (χ1n) is 3.40. The number of carboxylic acids is 1. The number of aryl methyl sites for hydroxylation is 1. The lowest BCUT2D eigenvalue weighted by molar-refractivity contribution is 0.0699. The molecule has 2 rings (SSSR count). The topological polar surface area (TPSA) is 37.3 Å². The van der Waals surface area contributed by atoms with Crippen LogP contribution in [0.15, 0.2) is 11.4 Å². The quantitative estimate of drug-likeness (QED) is 0.764. The molecule has 1 N–H and O–H groups in total. The number of carbonyl (C=O) groups is 1. The Bertz CT molecular complexity index is 439. The first kappa shape index (κ1) is 7.76. The molecule has 0 atom stereocenters. The highest BCUT2D eigenvalue weighted by atomic mass is 32.1. The van der Waals surface area contributed by atoms with E-state index in [0.29, 0.717) is 5.56 Å². The molecule has 4 heteroatoms. The maximum atomic E-state index is 10.8. The van der Waals surface area contributed by atoms with Crippen molar-refractivity contribution in [2.75, 3.05) is 0 Å². The van der Waals surface area contributed by atoms with Gasteiger partial charge in [-0.05, 0) is 18.4 Å². The first-order valence-corrected chi connectivity index (χ1v) is 5.09. The lowest BCUT2D eigenvalue weighted by atomic mass is 10.2. The van der Waals surface area contributed by atoms with E-state index in [1.54, 1.807) is 11.3 Å². The van der Waals surface area contributed by atoms with Crippen molar-refractivity contribution >= 4 is 38.0 Å². The number of hydrogen-bond acceptors (Lipinski definition) is 3. The largest absolute Gasteiger partial charge is 0.478 e. The van der Waals surface area contributed by atoms with E-state index in [4.69, 9.17) is 5.11 Å². The summed E-state index contributed by atoms with van der Waals surface area (Å²) in [6, 6.07) is 1.96. The molecule has 0 saturated heterocycles. The molecule has 2 nitrogen and oxygen atoms in total. The van der Waals surface area contributed by atoms with Crippen molar-refractivity contribution in [2.45, 2.75) is 6.92 Å². The second-order valence-electron chi connectivity index (χ2n) is 2.45. The van der Waals surface area contributed by atoms with Gasteiger partial charge in [-0.3, -0.25) is 0 Å². The van der Waals surface area contributed by atoms with Gasteiger partial charge in [-0.25, -0.2) is 4.79 Å². The van der Waals surface area contributed by atoms with Gasteiger partial charge >= 0.3 is 5.97 Å². The molecule has 0 amide bonds. The molecule has 62 valence electrons. The predicted molar refractivity (Wildman–Crippen MR) is 51.4 cm³/mol. The lowest BCUT2D eigenvalue weighted by Gasteiger charge is -1.89. The number of thiophene rings is 2. The molecule has 0 aromatic carbocycles. The lowest BCUT2D eigenvalue weighted by Crippen LogP contribution is -1.95. The minimum absolute atomic E-state index is 0.477. The zero-order valence-corrected chi connectivity index (χ0v) is 7.96. The van der Waals surface area contributed by atoms with E-state index in [-0.39, 0.29) is 0 Å². The molecule has 12 heavy (non-hydrogen) atoms. The van der Waals surface area contributed by atoms with Crippen molar-refractivity contribution in [1.29, 1.82) is 0 Å². The van der Waals surface area contributed by atoms with Crippen LogP contribution in [0.2, 0.25) is 0 Å². The molecule has 0 unspecified atom stereocenters. The third-order valence-electron chi connectivity index (χ3n) is 1.69. The molecule has 0 fully saturated rings. The summed E-state index contributed by atoms with van der Waals surface area (Å²) in [5.74, 6) is -0.818. The normalized spacial score (nSPS) is 10.8. The molecule has 2 aromatic rings. The van der Waals surface area contributed by atoms with E-state index in [0.717, 1.165) is 14.3 Å². The summed E-state index contributed by atoms with van der Waals surface area (Å²) >= 11 is 3.04. The molecular formula is C8H6O2S2. The summed E-state index contributed by atoms with van der Waals surface area (Å²) in [5, 5.41) is 10.8. The SMILES string of the molecule is Cc1sc2ccsc2c1C(=O)O. The second-order valence-corrected chi connectivity index (χ2v) is 4.62. The smallest absolute Gasteiger partial charge is 0.338 e. The van der Waals surface area contributed by atoms with Crippen molar-refractivity contribution in [2.24, 2.45) is 0 Å². The van der Waals surface area contributed by atoms with Crippen LogP contribution in [0.5, 0.6) is 0 Å². The Labute approximate surface area is 77.1 Å². The van der Waals surface area contributed by atoms with Crippen molar-refractivity contribution in [3.8, 4) is 0 Å². The monoisotopic (exact) mass is 198 g/mol. The molecule has 0 aliphatic carbocycles. The van der Waals surface area contributed by atoms with Gasteiger partial charge < -0.3 is 5.11 Å². The van der Waals surface area contributed by atoms with E-state index in [2.05, 4.69) is 0 Å². The van der Waals surface area contributed by atoms with Crippen LogP contribution < -0.4 is 0 Å². The Hall–Kier alpha value is -0.870. The van der Waals surface area contributed by atoms with Crippen molar-refractivity contribution < 1.29 is 9.90 Å². The van der Waals surface area contributed by atoms with Crippen LogP contribution in [0.25, 0.3) is 9.40 Å². The fourth-order valence-electron chi connectivity index (χ4n) is 1.18. The Morgan fingerprint density at radius 1 is 1.58 bits per heavy atom. The minimum Gasteiger partial charge on any atom is -0.478 e. The molecule has 2 aromatic heterocycles. The highest BCUT2D eigenvalue weighted by Gasteiger charge is 2.15. The number of hydrogen-bond donors (Lipinski definition) is 1. The highest BCUT2D eigenvalue weighted by Crippen LogP contribution is 2.34. The van der Waals surface area contributed by atoms with Crippen LogP contribution in [0, 0.1) is 6.92 Å². The van der Waals surface area contributed by atoms with Crippen LogP contribution >= 0.6 is 22.7 Å². The van der Waals surface area contributed by atoms with Gasteiger partial charge in [-0.2, -0.15) is 0 Å². The van der Waals surface area contributed by atoms with Crippen molar-refractivity contribution in [3.63, 3.8) is 0 Å². The zero-order valence-electron chi connectivity index (χ0n) is 6.33. The molecule has 0 bridgehead atoms. The fourth-order valence-corrected chi connectivity index (χ4v) is 3.44. The van der Waals surface area contributed by atoms with E-state index >= 15 is 0 Å². The Kier molecular flexibility index (Phi) is 1.66. The molecule has 0 aliphatic heterocycles. The maximum absolute atomic E-state index is 10.8. The van der Waals surface area contributed by atoms with Gasteiger partial charge in [0.15, 0.2) is 0 Å². The van der Waals surface area contributed by atoms with Crippen molar-refractivity contribution in [3.05, 3.63) is 21.9 Å². The molecule has 0 spiro atoms. The van der Waals surface area contributed by atoms with Crippen molar-refractivity contribution in [1.82, 2.24) is 0 Å². The second kappa shape index (κ2) is 2.57. The first-order chi connectivity index (χ1) is 5.70. The molecular weight excluding hydrogens is 192 g/mol. The summed E-state index contributed by atoms with van der Waals surface area (Å²) in [6.07, 6.45) is 0. The van der Waals surface area contributed by atoms with E-state index in [1.807, 2.05) is 18.4 Å². The number of fused-ring (bicyclic) bond motifs is 1. The van der Waals surface area contributed by atoms with Gasteiger partial charge in [-0.1, -0.05) is 0 Å². The summed E-state index contributed by atoms with van der Waals surface area (Å²) in [6.45, 7) is 1.85. The Morgan fingerprint density at radius 2 is 2.33 bits per heavy atom. The predicted octanol–water partition coefficient (Wildman–Crippen LogP) is 2.97. The molecule has 2 heterocycles. The highest BCUT2D eigenvalue weighted by molar-refractivity contribution is 7.27. The fraction of sp³-hybridized carbons (Fsp3) is 0.125. The third kappa shape index (κ3) is 0.956. The van der Waals surface area contributed by atoms with Crippen LogP contribution in [0.4, 0.5) is 0 Å². The maximum Gasteiger partial charge on any atom is 0.338 e. The van der Waals surface area contributed by atoms with Gasteiger partial charge in [-0.15, -0.1) is 22.7 Å². The number of carboxylic acid groups (broad SMARTS) is 1. The van der Waals surface area contributed by atoms with Gasteiger partial charge in [0.2, 0.25) is 0 Å². The Balaban J connectivity index is 2.84.